The molecule has 1 N–H and O–H groups in total. The van der Waals surface area contributed by atoms with E-state index in [0.717, 1.165) is 28.9 Å². The van der Waals surface area contributed by atoms with Crippen LogP contribution in [0.4, 0.5) is 4.39 Å². The Bertz CT molecular complexity index is 909. The number of aryl methyl sites for hydroxylation is 1. The first-order chi connectivity index (χ1) is 12.5. The van der Waals surface area contributed by atoms with Crippen molar-refractivity contribution < 1.29 is 9.50 Å². The second kappa shape index (κ2) is 6.67. The zero-order valence-electron chi connectivity index (χ0n) is 14.8. The first-order valence-electron chi connectivity index (χ1n) is 8.84. The molecular weight excluding hydrogens is 329 g/mol. The Morgan fingerprint density at radius 3 is 2.81 bits per heavy atom. The van der Waals surface area contributed by atoms with E-state index in [-0.39, 0.29) is 5.82 Å². The number of hydrogen-bond acceptors (Lipinski definition) is 3. The zero-order valence-corrected chi connectivity index (χ0v) is 14.8. The van der Waals surface area contributed by atoms with Crippen LogP contribution in [0.15, 0.2) is 60.9 Å². The van der Waals surface area contributed by atoms with Gasteiger partial charge in [0.25, 0.3) is 0 Å². The molecule has 4 nitrogen and oxygen atoms in total. The van der Waals surface area contributed by atoms with Crippen LogP contribution in [0, 0.1) is 12.7 Å². The number of aromatic nitrogens is 2. The van der Waals surface area contributed by atoms with Crippen LogP contribution in [0.25, 0.3) is 5.69 Å². The highest BCUT2D eigenvalue weighted by Crippen LogP contribution is 2.34. The monoisotopic (exact) mass is 351 g/mol. The smallest absolute Gasteiger partial charge is 0.123 e. The van der Waals surface area contributed by atoms with Crippen LogP contribution in [0.5, 0.6) is 0 Å². The maximum atomic E-state index is 13.8. The van der Waals surface area contributed by atoms with E-state index in [1.165, 1.54) is 6.07 Å². The minimum atomic E-state index is -0.857. The van der Waals surface area contributed by atoms with E-state index in [9.17, 15) is 9.50 Å². The van der Waals surface area contributed by atoms with Gasteiger partial charge in [-0.3, -0.25) is 4.90 Å². The van der Waals surface area contributed by atoms with E-state index in [1.807, 2.05) is 43.5 Å². The third kappa shape index (κ3) is 3.16. The summed E-state index contributed by atoms with van der Waals surface area (Å²) in [5.41, 5.74) is 2.95. The first kappa shape index (κ1) is 16.9. The second-order valence-corrected chi connectivity index (χ2v) is 7.03. The number of likely N-dealkylation sites (tertiary alicyclic amines) is 1. The molecule has 0 radical (unpaired) electrons. The van der Waals surface area contributed by atoms with E-state index >= 15 is 0 Å². The number of halogens is 1. The van der Waals surface area contributed by atoms with Gasteiger partial charge in [0.15, 0.2) is 0 Å². The Morgan fingerprint density at radius 2 is 2.04 bits per heavy atom. The third-order valence-corrected chi connectivity index (χ3v) is 5.16. The lowest BCUT2D eigenvalue weighted by molar-refractivity contribution is 0.0447. The molecule has 2 heterocycles. The Morgan fingerprint density at radius 1 is 1.19 bits per heavy atom. The standard InChI is InChI=1S/C21H22FN3O/c1-16-5-2-3-6-19(16)21(26)9-12-24(15-21)14-17-13-18(22)7-8-20(17)25-11-4-10-23-25/h2-8,10-11,13,26H,9,12,14-15H2,1H3/t21-/m0/s1. The topological polar surface area (TPSA) is 41.3 Å². The van der Waals surface area contributed by atoms with Gasteiger partial charge in [0.05, 0.1) is 5.69 Å². The van der Waals surface area contributed by atoms with Crippen molar-refractivity contribution in [1.29, 1.82) is 0 Å². The fourth-order valence-corrected chi connectivity index (χ4v) is 3.88. The van der Waals surface area contributed by atoms with Crippen molar-refractivity contribution in [3.05, 3.63) is 83.4 Å². The molecule has 0 unspecified atom stereocenters. The minimum Gasteiger partial charge on any atom is -0.384 e. The SMILES string of the molecule is Cc1ccccc1[C@]1(O)CCN(Cc2cc(F)ccc2-n2cccn2)C1. The summed E-state index contributed by atoms with van der Waals surface area (Å²) in [5, 5.41) is 15.4. The molecule has 0 saturated carbocycles. The van der Waals surface area contributed by atoms with Gasteiger partial charge in [-0.25, -0.2) is 9.07 Å². The molecule has 0 amide bonds. The summed E-state index contributed by atoms with van der Waals surface area (Å²) < 4.78 is 15.6. The summed E-state index contributed by atoms with van der Waals surface area (Å²) in [7, 11) is 0. The Kier molecular flexibility index (Phi) is 4.34. The lowest BCUT2D eigenvalue weighted by Crippen LogP contribution is -2.31. The molecule has 1 aromatic heterocycles. The Hall–Kier alpha value is -2.50. The summed E-state index contributed by atoms with van der Waals surface area (Å²) in [5.74, 6) is -0.260. The molecule has 134 valence electrons. The predicted octanol–water partition coefficient (Wildman–Crippen LogP) is 3.41. The van der Waals surface area contributed by atoms with Crippen LogP contribution in [0.3, 0.4) is 0 Å². The molecule has 2 aromatic carbocycles. The Labute approximate surface area is 152 Å². The van der Waals surface area contributed by atoms with Gasteiger partial charge in [-0.05, 0) is 54.3 Å². The highest BCUT2D eigenvalue weighted by atomic mass is 19.1. The van der Waals surface area contributed by atoms with Crippen molar-refractivity contribution in [2.24, 2.45) is 0 Å². The van der Waals surface area contributed by atoms with Gasteiger partial charge < -0.3 is 5.11 Å². The van der Waals surface area contributed by atoms with Crippen molar-refractivity contribution in [3.8, 4) is 5.69 Å². The Balaban J connectivity index is 1.58. The summed E-state index contributed by atoms with van der Waals surface area (Å²) in [4.78, 5) is 2.17. The van der Waals surface area contributed by atoms with Crippen molar-refractivity contribution in [2.75, 3.05) is 13.1 Å². The summed E-state index contributed by atoms with van der Waals surface area (Å²) in [6, 6.07) is 14.6. The first-order valence-corrected chi connectivity index (χ1v) is 8.84. The lowest BCUT2D eigenvalue weighted by atomic mass is 9.89. The highest BCUT2D eigenvalue weighted by Gasteiger charge is 2.38. The molecule has 1 atom stereocenters. The number of rotatable bonds is 4. The van der Waals surface area contributed by atoms with Gasteiger partial charge in [-0.15, -0.1) is 0 Å². The van der Waals surface area contributed by atoms with Crippen LogP contribution in [-0.2, 0) is 12.1 Å². The quantitative estimate of drug-likeness (QED) is 0.783. The van der Waals surface area contributed by atoms with Gasteiger partial charge in [0, 0.05) is 32.0 Å². The van der Waals surface area contributed by atoms with Crippen molar-refractivity contribution in [2.45, 2.75) is 25.5 Å². The maximum Gasteiger partial charge on any atom is 0.123 e. The lowest BCUT2D eigenvalue weighted by Gasteiger charge is -2.26. The molecule has 1 aliphatic heterocycles. The van der Waals surface area contributed by atoms with E-state index in [4.69, 9.17) is 0 Å². The van der Waals surface area contributed by atoms with E-state index in [0.29, 0.717) is 19.5 Å². The van der Waals surface area contributed by atoms with Gasteiger partial charge >= 0.3 is 0 Å². The number of β-amino-alcohol motifs (C(OH)–C–C–N with tert-alkyl or cyclic N) is 1. The van der Waals surface area contributed by atoms with Crippen molar-refractivity contribution >= 4 is 0 Å². The molecule has 4 rings (SSSR count). The van der Waals surface area contributed by atoms with Gasteiger partial charge in [-0.2, -0.15) is 5.10 Å². The summed E-state index contributed by atoms with van der Waals surface area (Å²) >= 11 is 0. The van der Waals surface area contributed by atoms with Crippen LogP contribution in [0.1, 0.15) is 23.1 Å². The molecule has 3 aromatic rings. The normalized spacial score (nSPS) is 20.6. The number of aliphatic hydroxyl groups is 1. The average Bonchev–Trinajstić information content (AvgIpc) is 3.26. The minimum absolute atomic E-state index is 0.260. The summed E-state index contributed by atoms with van der Waals surface area (Å²) in [6.45, 7) is 3.90. The highest BCUT2D eigenvalue weighted by molar-refractivity contribution is 5.41. The summed E-state index contributed by atoms with van der Waals surface area (Å²) in [6.07, 6.45) is 4.23. The van der Waals surface area contributed by atoms with Crippen LogP contribution < -0.4 is 0 Å². The molecule has 0 bridgehead atoms. The molecule has 0 spiro atoms. The molecule has 1 saturated heterocycles. The van der Waals surface area contributed by atoms with Crippen molar-refractivity contribution in [1.82, 2.24) is 14.7 Å². The largest absolute Gasteiger partial charge is 0.384 e. The molecule has 1 fully saturated rings. The fourth-order valence-electron chi connectivity index (χ4n) is 3.88. The van der Waals surface area contributed by atoms with Gasteiger partial charge in [0.1, 0.15) is 11.4 Å². The van der Waals surface area contributed by atoms with Crippen LogP contribution >= 0.6 is 0 Å². The average molecular weight is 351 g/mol. The van der Waals surface area contributed by atoms with Crippen molar-refractivity contribution in [3.63, 3.8) is 0 Å². The molecule has 1 aliphatic rings. The van der Waals surface area contributed by atoms with E-state index < -0.39 is 5.60 Å². The van der Waals surface area contributed by atoms with Gasteiger partial charge in [-0.1, -0.05) is 24.3 Å². The zero-order chi connectivity index (χ0) is 18.1. The molecule has 0 aliphatic carbocycles. The van der Waals surface area contributed by atoms with Crippen LogP contribution in [-0.4, -0.2) is 32.9 Å². The number of benzene rings is 2. The predicted molar refractivity (Wildman–Crippen MR) is 98.5 cm³/mol. The van der Waals surface area contributed by atoms with Crippen LogP contribution in [0.2, 0.25) is 0 Å². The number of nitrogens with zero attached hydrogens (tertiary/aromatic N) is 3. The van der Waals surface area contributed by atoms with Gasteiger partial charge in [0.2, 0.25) is 0 Å². The third-order valence-electron chi connectivity index (χ3n) is 5.16. The van der Waals surface area contributed by atoms with E-state index in [1.54, 1.807) is 23.0 Å². The maximum absolute atomic E-state index is 13.8. The second-order valence-electron chi connectivity index (χ2n) is 7.03. The molecule has 5 heteroatoms. The number of hydrogen-bond donors (Lipinski definition) is 1. The van der Waals surface area contributed by atoms with E-state index in [2.05, 4.69) is 10.00 Å². The molecule has 26 heavy (non-hydrogen) atoms. The fraction of sp³-hybridized carbons (Fsp3) is 0.286. The molecular formula is C21H22FN3O.